The van der Waals surface area contributed by atoms with Crippen molar-refractivity contribution in [3.05, 3.63) is 52.0 Å². The number of allylic oxidation sites excluding steroid dienone is 1. The van der Waals surface area contributed by atoms with E-state index in [0.29, 0.717) is 23.0 Å². The molecule has 0 radical (unpaired) electrons. The zero-order valence-corrected chi connectivity index (χ0v) is 21.9. The summed E-state index contributed by atoms with van der Waals surface area (Å²) < 4.78 is 7.05. The monoisotopic (exact) mass is 489 g/mol. The van der Waals surface area contributed by atoms with E-state index in [0.717, 1.165) is 36.7 Å². The van der Waals surface area contributed by atoms with Crippen molar-refractivity contribution in [2.45, 2.75) is 90.3 Å². The molecule has 2 unspecified atom stereocenters. The van der Waals surface area contributed by atoms with Crippen molar-refractivity contribution in [2.24, 2.45) is 17.3 Å². The third kappa shape index (κ3) is 3.84. The van der Waals surface area contributed by atoms with Gasteiger partial charge in [-0.25, -0.2) is 9.78 Å². The smallest absolute Gasteiger partial charge is 0.362 e. The molecule has 0 spiro atoms. The molecule has 6 nitrogen and oxygen atoms in total. The van der Waals surface area contributed by atoms with E-state index < -0.39 is 5.97 Å². The average Bonchev–Trinajstić information content (AvgIpc) is 2.86. The molecule has 2 aromatic rings. The third-order valence-corrected chi connectivity index (χ3v) is 9.99. The molecule has 7 rings (SSSR count). The van der Waals surface area contributed by atoms with Crippen LogP contribution in [0.3, 0.4) is 0 Å². The molecular formula is C30H39N3O3. The molecule has 3 saturated carbocycles. The highest BCUT2D eigenvalue weighted by Crippen LogP contribution is 2.61. The molecule has 0 N–H and O–H groups in total. The Kier molecular flexibility index (Phi) is 6.06. The molecule has 1 aromatic heterocycles. The number of aromatic nitrogens is 2. The van der Waals surface area contributed by atoms with Crippen molar-refractivity contribution in [2.75, 3.05) is 13.2 Å². The minimum Gasteiger partial charge on any atom is -0.461 e. The first-order valence-corrected chi connectivity index (χ1v) is 14.0. The van der Waals surface area contributed by atoms with Gasteiger partial charge in [-0.15, -0.1) is 0 Å². The number of esters is 1. The maximum atomic E-state index is 13.6. The van der Waals surface area contributed by atoms with E-state index in [9.17, 15) is 9.59 Å². The maximum absolute atomic E-state index is 13.6. The van der Waals surface area contributed by atoms with Gasteiger partial charge in [0.05, 0.1) is 17.6 Å². The number of piperidine rings is 2. The van der Waals surface area contributed by atoms with Gasteiger partial charge in [0, 0.05) is 24.7 Å². The molecule has 2 saturated heterocycles. The molecule has 3 heterocycles. The summed E-state index contributed by atoms with van der Waals surface area (Å²) in [7, 11) is 0. The van der Waals surface area contributed by atoms with Crippen molar-refractivity contribution in [1.29, 1.82) is 0 Å². The Morgan fingerprint density at radius 3 is 2.56 bits per heavy atom. The summed E-state index contributed by atoms with van der Waals surface area (Å²) >= 11 is 0. The van der Waals surface area contributed by atoms with Crippen LogP contribution in [0.2, 0.25) is 0 Å². The number of para-hydroxylation sites is 2. The van der Waals surface area contributed by atoms with E-state index in [1.54, 1.807) is 12.5 Å². The average molecular weight is 490 g/mol. The highest BCUT2D eigenvalue weighted by molar-refractivity contribution is 5.89. The minimum absolute atomic E-state index is 0.0683. The number of carbonyl (C=O) groups excluding carboxylic acids is 1. The number of carbonyl (C=O) groups is 1. The fraction of sp³-hybridized carbons (Fsp3) is 0.633. The maximum Gasteiger partial charge on any atom is 0.362 e. The van der Waals surface area contributed by atoms with Gasteiger partial charge in [0.1, 0.15) is 0 Å². The van der Waals surface area contributed by atoms with Crippen LogP contribution in [0.1, 0.15) is 88.7 Å². The van der Waals surface area contributed by atoms with Gasteiger partial charge in [-0.05, 0) is 81.3 Å². The van der Waals surface area contributed by atoms with Gasteiger partial charge >= 0.3 is 5.97 Å². The summed E-state index contributed by atoms with van der Waals surface area (Å²) in [5.74, 6) is 1.07. The molecule has 0 amide bonds. The zero-order chi connectivity index (χ0) is 25.0. The van der Waals surface area contributed by atoms with Crippen LogP contribution in [0.4, 0.5) is 0 Å². The Bertz CT molecular complexity index is 1250. The van der Waals surface area contributed by atoms with Crippen molar-refractivity contribution >= 4 is 17.0 Å². The summed E-state index contributed by atoms with van der Waals surface area (Å²) in [5.41, 5.74) is 3.27. The zero-order valence-electron chi connectivity index (χ0n) is 21.9. The molecule has 5 atom stereocenters. The van der Waals surface area contributed by atoms with E-state index in [-0.39, 0.29) is 23.9 Å². The lowest BCUT2D eigenvalue weighted by atomic mass is 9.47. The lowest BCUT2D eigenvalue weighted by molar-refractivity contribution is -0.0288. The van der Waals surface area contributed by atoms with Crippen molar-refractivity contribution in [3.63, 3.8) is 0 Å². The summed E-state index contributed by atoms with van der Waals surface area (Å²) in [6, 6.07) is 8.70. The van der Waals surface area contributed by atoms with Gasteiger partial charge in [0.15, 0.2) is 0 Å². The van der Waals surface area contributed by atoms with Gasteiger partial charge in [0.2, 0.25) is 5.69 Å². The molecule has 2 aliphatic heterocycles. The van der Waals surface area contributed by atoms with E-state index in [4.69, 9.17) is 4.74 Å². The Balaban J connectivity index is 1.29. The van der Waals surface area contributed by atoms with Crippen molar-refractivity contribution in [3.8, 4) is 0 Å². The van der Waals surface area contributed by atoms with E-state index in [1.165, 1.54) is 38.5 Å². The van der Waals surface area contributed by atoms with Crippen LogP contribution in [0, 0.1) is 17.3 Å². The van der Waals surface area contributed by atoms with Crippen LogP contribution >= 0.6 is 0 Å². The topological polar surface area (TPSA) is 64.4 Å². The first-order valence-electron chi connectivity index (χ1n) is 14.0. The fourth-order valence-corrected chi connectivity index (χ4v) is 7.93. The summed E-state index contributed by atoms with van der Waals surface area (Å²) in [4.78, 5) is 33.3. The molecule has 1 aromatic carbocycles. The number of nitrogens with zero attached hydrogens (tertiary/aromatic N) is 3. The third-order valence-electron chi connectivity index (χ3n) is 9.99. The quantitative estimate of drug-likeness (QED) is 0.409. The van der Waals surface area contributed by atoms with Gasteiger partial charge in [-0.2, -0.15) is 0 Å². The lowest BCUT2D eigenvalue weighted by Crippen LogP contribution is -2.53. The number of ether oxygens (including phenoxy) is 1. The molecule has 192 valence electrons. The summed E-state index contributed by atoms with van der Waals surface area (Å²) in [5, 5.41) is 0. The Hall–Kier alpha value is -2.47. The van der Waals surface area contributed by atoms with Gasteiger partial charge < -0.3 is 9.30 Å². The first kappa shape index (κ1) is 23.9. The SMILES string of the molecule is CCOC(=O)c1nc2ccccc2n([C@H]2C[C@H]3CCC[C@@H](C2)N3C/C=C2\CCC3CC2C3(C)C)c1=O. The van der Waals surface area contributed by atoms with Crippen LogP contribution in [0.15, 0.2) is 40.7 Å². The second-order valence-corrected chi connectivity index (χ2v) is 12.0. The van der Waals surface area contributed by atoms with Gasteiger partial charge in [-0.1, -0.05) is 44.1 Å². The number of hydrogen-bond acceptors (Lipinski definition) is 5. The van der Waals surface area contributed by atoms with Gasteiger partial charge in [0.25, 0.3) is 5.56 Å². The van der Waals surface area contributed by atoms with Gasteiger partial charge in [-0.3, -0.25) is 9.69 Å². The van der Waals surface area contributed by atoms with E-state index >= 15 is 0 Å². The van der Waals surface area contributed by atoms with Crippen molar-refractivity contribution < 1.29 is 9.53 Å². The molecule has 5 aliphatic rings. The molecule has 4 bridgehead atoms. The number of fused-ring (bicyclic) bond motifs is 5. The predicted octanol–water partition coefficient (Wildman–Crippen LogP) is 5.51. The fourth-order valence-electron chi connectivity index (χ4n) is 7.93. The number of rotatable bonds is 5. The largest absolute Gasteiger partial charge is 0.461 e. The van der Waals surface area contributed by atoms with Crippen molar-refractivity contribution in [1.82, 2.24) is 14.5 Å². The van der Waals surface area contributed by atoms with E-state index in [1.807, 2.05) is 28.8 Å². The Morgan fingerprint density at radius 1 is 1.11 bits per heavy atom. The van der Waals surface area contributed by atoms with Crippen LogP contribution in [0.25, 0.3) is 11.0 Å². The van der Waals surface area contributed by atoms with Crippen LogP contribution < -0.4 is 5.56 Å². The summed E-state index contributed by atoms with van der Waals surface area (Å²) in [6.07, 6.45) is 12.1. The van der Waals surface area contributed by atoms with Crippen LogP contribution in [-0.4, -0.2) is 45.7 Å². The number of hydrogen-bond donors (Lipinski definition) is 0. The minimum atomic E-state index is -0.625. The number of benzene rings is 1. The molecule has 3 aliphatic carbocycles. The molecule has 6 heteroatoms. The summed E-state index contributed by atoms with van der Waals surface area (Å²) in [6.45, 7) is 7.93. The second-order valence-electron chi connectivity index (χ2n) is 12.0. The standard InChI is InChI=1S/C30H39N3O3/c1-4-36-29(35)27-28(34)33(26-11-6-5-10-25(26)31-27)23-17-21-8-7-9-22(18-23)32(21)15-14-19-12-13-20-16-24(19)30(20,2)3/h5-6,10-11,14,20-24H,4,7-9,12-13,15-18H2,1-3H3/b19-14+/t20?,21-,22+,23+,24?. The first-order chi connectivity index (χ1) is 17.4. The lowest BCUT2D eigenvalue weighted by Gasteiger charge is -2.58. The normalized spacial score (nSPS) is 32.3. The van der Waals surface area contributed by atoms with E-state index in [2.05, 4.69) is 29.8 Å². The molecule has 5 fully saturated rings. The predicted molar refractivity (Wildman–Crippen MR) is 141 cm³/mol. The van der Waals surface area contributed by atoms with Crippen LogP contribution in [-0.2, 0) is 4.74 Å². The molecule has 36 heavy (non-hydrogen) atoms. The Morgan fingerprint density at radius 2 is 1.86 bits per heavy atom. The molecular weight excluding hydrogens is 450 g/mol. The highest BCUT2D eigenvalue weighted by atomic mass is 16.5. The Labute approximate surface area is 213 Å². The second kappa shape index (κ2) is 9.13. The van der Waals surface area contributed by atoms with Crippen LogP contribution in [0.5, 0.6) is 0 Å². The highest BCUT2D eigenvalue weighted by Gasteiger charge is 2.52.